The highest BCUT2D eigenvalue weighted by molar-refractivity contribution is 5.67. The second-order valence-corrected chi connectivity index (χ2v) is 5.94. The van der Waals surface area contributed by atoms with Crippen LogP contribution < -0.4 is 15.4 Å². The molecule has 0 saturated heterocycles. The Balaban J connectivity index is 1.80. The minimum atomic E-state index is -4.37. The van der Waals surface area contributed by atoms with Gasteiger partial charge in [0.1, 0.15) is 23.2 Å². The smallest absolute Gasteiger partial charge is 0.416 e. The van der Waals surface area contributed by atoms with Crippen molar-refractivity contribution >= 4 is 23.0 Å². The first-order valence-corrected chi connectivity index (χ1v) is 8.64. The number of aryl methyl sites for hydroxylation is 1. The van der Waals surface area contributed by atoms with Crippen LogP contribution in [0.1, 0.15) is 18.3 Å². The van der Waals surface area contributed by atoms with Crippen molar-refractivity contribution in [3.8, 4) is 5.75 Å². The number of alkyl halides is 3. The van der Waals surface area contributed by atoms with Gasteiger partial charge in [0, 0.05) is 11.8 Å². The maximum Gasteiger partial charge on any atom is 0.416 e. The molecule has 2 aromatic carbocycles. The molecule has 0 radical (unpaired) electrons. The molecule has 0 bridgehead atoms. The molecule has 0 amide bonds. The molecule has 28 heavy (non-hydrogen) atoms. The fourth-order valence-corrected chi connectivity index (χ4v) is 2.58. The van der Waals surface area contributed by atoms with E-state index in [0.29, 0.717) is 35.5 Å². The van der Waals surface area contributed by atoms with Gasteiger partial charge in [-0.05, 0) is 50.2 Å². The van der Waals surface area contributed by atoms with E-state index >= 15 is 0 Å². The average molecular weight is 388 g/mol. The minimum absolute atomic E-state index is 0.462. The largest absolute Gasteiger partial charge is 0.492 e. The zero-order valence-electron chi connectivity index (χ0n) is 15.3. The van der Waals surface area contributed by atoms with Gasteiger partial charge in [-0.3, -0.25) is 0 Å². The summed E-state index contributed by atoms with van der Waals surface area (Å²) in [4.78, 5) is 8.64. The van der Waals surface area contributed by atoms with Crippen molar-refractivity contribution in [2.45, 2.75) is 20.0 Å². The average Bonchev–Trinajstić information content (AvgIpc) is 2.63. The van der Waals surface area contributed by atoms with Gasteiger partial charge in [0.25, 0.3) is 0 Å². The van der Waals surface area contributed by atoms with E-state index in [-0.39, 0.29) is 0 Å². The van der Waals surface area contributed by atoms with Crippen molar-refractivity contribution in [2.24, 2.45) is 0 Å². The summed E-state index contributed by atoms with van der Waals surface area (Å²) in [6, 6.07) is 13.9. The molecule has 3 aromatic rings. The molecule has 0 aliphatic rings. The number of hydrogen-bond donors (Lipinski definition) is 2. The lowest BCUT2D eigenvalue weighted by atomic mass is 10.2. The molecule has 2 N–H and O–H groups in total. The lowest BCUT2D eigenvalue weighted by Crippen LogP contribution is -2.05. The van der Waals surface area contributed by atoms with Crippen LogP contribution in [0.25, 0.3) is 0 Å². The zero-order valence-corrected chi connectivity index (χ0v) is 15.3. The molecule has 5 nitrogen and oxygen atoms in total. The Hall–Kier alpha value is -3.29. The Morgan fingerprint density at radius 3 is 2.21 bits per heavy atom. The summed E-state index contributed by atoms with van der Waals surface area (Å²) < 4.78 is 43.7. The third kappa shape index (κ3) is 4.91. The number of nitrogens with zero attached hydrogens (tertiary/aromatic N) is 2. The zero-order chi connectivity index (χ0) is 20.1. The predicted molar refractivity (Wildman–Crippen MR) is 102 cm³/mol. The lowest BCUT2D eigenvalue weighted by molar-refractivity contribution is -0.137. The summed E-state index contributed by atoms with van der Waals surface area (Å²) >= 11 is 0. The summed E-state index contributed by atoms with van der Waals surface area (Å²) in [5, 5.41) is 6.19. The summed E-state index contributed by atoms with van der Waals surface area (Å²) in [7, 11) is 0. The predicted octanol–water partition coefficient (Wildman–Crippen LogP) is 5.69. The third-order valence-corrected chi connectivity index (χ3v) is 3.77. The number of benzene rings is 2. The van der Waals surface area contributed by atoms with Crippen LogP contribution >= 0.6 is 0 Å². The summed E-state index contributed by atoms with van der Waals surface area (Å²) in [6.45, 7) is 4.16. The SMILES string of the molecule is CCOc1ccccc1Nc1cc(Nc2ccc(C(F)(F)F)cc2)nc(C)n1. The van der Waals surface area contributed by atoms with Crippen molar-refractivity contribution in [3.05, 3.63) is 66.0 Å². The quantitative estimate of drug-likeness (QED) is 0.568. The van der Waals surface area contributed by atoms with Crippen molar-refractivity contribution in [3.63, 3.8) is 0 Å². The number of para-hydroxylation sites is 2. The van der Waals surface area contributed by atoms with Gasteiger partial charge in [0.05, 0.1) is 17.9 Å². The second-order valence-electron chi connectivity index (χ2n) is 5.94. The van der Waals surface area contributed by atoms with Crippen LogP contribution in [-0.4, -0.2) is 16.6 Å². The molecule has 0 spiro atoms. The molecule has 0 aliphatic heterocycles. The normalized spacial score (nSPS) is 11.2. The van der Waals surface area contributed by atoms with Crippen LogP contribution in [0, 0.1) is 6.92 Å². The van der Waals surface area contributed by atoms with E-state index in [0.717, 1.165) is 17.8 Å². The first-order valence-electron chi connectivity index (χ1n) is 8.64. The fourth-order valence-electron chi connectivity index (χ4n) is 2.58. The Kier molecular flexibility index (Phi) is 5.67. The highest BCUT2D eigenvalue weighted by Crippen LogP contribution is 2.31. The Labute approximate surface area is 160 Å². The Morgan fingerprint density at radius 2 is 1.57 bits per heavy atom. The summed E-state index contributed by atoms with van der Waals surface area (Å²) in [6.07, 6.45) is -4.37. The van der Waals surface area contributed by atoms with E-state index in [1.807, 2.05) is 31.2 Å². The van der Waals surface area contributed by atoms with Gasteiger partial charge in [-0.25, -0.2) is 9.97 Å². The first-order chi connectivity index (χ1) is 13.3. The molecule has 1 heterocycles. The number of aromatic nitrogens is 2. The molecule has 0 aliphatic carbocycles. The van der Waals surface area contributed by atoms with Gasteiger partial charge in [-0.15, -0.1) is 0 Å². The van der Waals surface area contributed by atoms with Crippen LogP contribution in [0.3, 0.4) is 0 Å². The van der Waals surface area contributed by atoms with Gasteiger partial charge in [0.15, 0.2) is 0 Å². The number of nitrogens with one attached hydrogen (secondary N) is 2. The molecule has 0 fully saturated rings. The molecule has 0 saturated carbocycles. The molecule has 8 heteroatoms. The summed E-state index contributed by atoms with van der Waals surface area (Å²) in [5.41, 5.74) is 0.543. The summed E-state index contributed by atoms with van der Waals surface area (Å²) in [5.74, 6) is 2.20. The number of halogens is 3. The van der Waals surface area contributed by atoms with Gasteiger partial charge in [-0.1, -0.05) is 12.1 Å². The lowest BCUT2D eigenvalue weighted by Gasteiger charge is -2.13. The maximum atomic E-state index is 12.7. The van der Waals surface area contributed by atoms with Gasteiger partial charge >= 0.3 is 6.18 Å². The van der Waals surface area contributed by atoms with Crippen LogP contribution in [-0.2, 0) is 6.18 Å². The Bertz CT molecular complexity index is 943. The second kappa shape index (κ2) is 8.16. The third-order valence-electron chi connectivity index (χ3n) is 3.77. The Morgan fingerprint density at radius 1 is 0.929 bits per heavy atom. The number of anilines is 4. The van der Waals surface area contributed by atoms with E-state index in [9.17, 15) is 13.2 Å². The van der Waals surface area contributed by atoms with Crippen molar-refractivity contribution < 1.29 is 17.9 Å². The minimum Gasteiger partial charge on any atom is -0.492 e. The van der Waals surface area contributed by atoms with E-state index < -0.39 is 11.7 Å². The maximum absolute atomic E-state index is 12.7. The van der Waals surface area contributed by atoms with Crippen molar-refractivity contribution in [1.82, 2.24) is 9.97 Å². The molecular formula is C20H19F3N4O. The van der Waals surface area contributed by atoms with Crippen LogP contribution in [0.2, 0.25) is 0 Å². The molecule has 0 unspecified atom stereocenters. The number of hydrogen-bond acceptors (Lipinski definition) is 5. The molecule has 0 atom stereocenters. The van der Waals surface area contributed by atoms with E-state index in [4.69, 9.17) is 4.74 Å². The molecule has 146 valence electrons. The van der Waals surface area contributed by atoms with Crippen molar-refractivity contribution in [2.75, 3.05) is 17.2 Å². The van der Waals surface area contributed by atoms with Gasteiger partial charge in [0.2, 0.25) is 0 Å². The molecular weight excluding hydrogens is 369 g/mol. The van der Waals surface area contributed by atoms with Crippen LogP contribution in [0.4, 0.5) is 36.2 Å². The monoisotopic (exact) mass is 388 g/mol. The fraction of sp³-hybridized carbons (Fsp3) is 0.200. The highest BCUT2D eigenvalue weighted by atomic mass is 19.4. The van der Waals surface area contributed by atoms with Gasteiger partial charge < -0.3 is 15.4 Å². The highest BCUT2D eigenvalue weighted by Gasteiger charge is 2.29. The van der Waals surface area contributed by atoms with Crippen molar-refractivity contribution in [1.29, 1.82) is 0 Å². The van der Waals surface area contributed by atoms with Crippen LogP contribution in [0.15, 0.2) is 54.6 Å². The van der Waals surface area contributed by atoms with E-state index in [1.54, 1.807) is 13.0 Å². The molecule has 3 rings (SSSR count). The number of ether oxygens (including phenoxy) is 1. The topological polar surface area (TPSA) is 59.1 Å². The van der Waals surface area contributed by atoms with Gasteiger partial charge in [-0.2, -0.15) is 13.2 Å². The molecule has 1 aromatic heterocycles. The van der Waals surface area contributed by atoms with E-state index in [2.05, 4.69) is 20.6 Å². The number of rotatable bonds is 6. The van der Waals surface area contributed by atoms with Crippen LogP contribution in [0.5, 0.6) is 5.75 Å². The first kappa shape index (κ1) is 19.5. The standard InChI is InChI=1S/C20H19F3N4O/c1-3-28-17-7-5-4-6-16(17)27-19-12-18(24-13(2)25-19)26-15-10-8-14(9-11-15)20(21,22)23/h4-12H,3H2,1-2H3,(H2,24,25,26,27). The van der Waals surface area contributed by atoms with E-state index in [1.165, 1.54) is 12.1 Å².